The van der Waals surface area contributed by atoms with Crippen LogP contribution in [-0.2, 0) is 0 Å². The first-order valence-corrected chi connectivity index (χ1v) is 7.36. The maximum atomic E-state index is 13.8. The van der Waals surface area contributed by atoms with Gasteiger partial charge in [-0.3, -0.25) is 0 Å². The van der Waals surface area contributed by atoms with E-state index in [1.54, 1.807) is 6.07 Å². The summed E-state index contributed by atoms with van der Waals surface area (Å²) in [6.45, 7) is 5.16. The average Bonchev–Trinajstić information content (AvgIpc) is 2.72. The fraction of sp³-hybridized carbons (Fsp3) is 0.571. The van der Waals surface area contributed by atoms with Crippen molar-refractivity contribution < 1.29 is 9.13 Å². The molecule has 0 aromatic heterocycles. The summed E-state index contributed by atoms with van der Waals surface area (Å²) in [4.78, 5) is 0. The number of rotatable bonds is 5. The topological polar surface area (TPSA) is 21.3 Å². The summed E-state index contributed by atoms with van der Waals surface area (Å²) in [5, 5.41) is 3.47. The van der Waals surface area contributed by atoms with Gasteiger partial charge in [0.2, 0.25) is 0 Å². The number of ether oxygens (including phenoxy) is 1. The van der Waals surface area contributed by atoms with Crippen molar-refractivity contribution in [3.05, 3.63) is 28.0 Å². The van der Waals surface area contributed by atoms with Crippen molar-refractivity contribution >= 4 is 15.9 Å². The van der Waals surface area contributed by atoms with Gasteiger partial charge in [-0.05, 0) is 31.5 Å². The molecule has 0 amide bonds. The number of benzene rings is 1. The summed E-state index contributed by atoms with van der Waals surface area (Å²) < 4.78 is 20.5. The van der Waals surface area contributed by atoms with Crippen LogP contribution in [0.4, 0.5) is 4.39 Å². The van der Waals surface area contributed by atoms with Gasteiger partial charge >= 0.3 is 0 Å². The molecule has 1 aromatic rings. The van der Waals surface area contributed by atoms with Gasteiger partial charge in [-0.25, -0.2) is 4.39 Å². The maximum absolute atomic E-state index is 13.8. The van der Waals surface area contributed by atoms with Crippen LogP contribution in [0.5, 0.6) is 5.75 Å². The van der Waals surface area contributed by atoms with Crippen molar-refractivity contribution in [2.75, 3.05) is 6.54 Å². The molecule has 4 heteroatoms. The van der Waals surface area contributed by atoms with Crippen LogP contribution in [0, 0.1) is 5.82 Å². The first-order chi connectivity index (χ1) is 8.69. The SMILES string of the molecule is CCCNC1c2c(Br)ccc(F)c2OC1CCC. The molecule has 0 aliphatic carbocycles. The van der Waals surface area contributed by atoms with Crippen LogP contribution < -0.4 is 10.1 Å². The molecule has 18 heavy (non-hydrogen) atoms. The quantitative estimate of drug-likeness (QED) is 0.879. The van der Waals surface area contributed by atoms with Crippen molar-refractivity contribution in [3.63, 3.8) is 0 Å². The van der Waals surface area contributed by atoms with Crippen molar-refractivity contribution in [3.8, 4) is 5.75 Å². The predicted octanol–water partition coefficient (Wildman–Crippen LogP) is 4.19. The van der Waals surface area contributed by atoms with Crippen LogP contribution in [0.1, 0.15) is 44.7 Å². The van der Waals surface area contributed by atoms with E-state index >= 15 is 0 Å². The molecule has 0 radical (unpaired) electrons. The van der Waals surface area contributed by atoms with Crippen LogP contribution >= 0.6 is 15.9 Å². The van der Waals surface area contributed by atoms with Crippen LogP contribution in [0.15, 0.2) is 16.6 Å². The van der Waals surface area contributed by atoms with Gasteiger partial charge in [0.25, 0.3) is 0 Å². The molecule has 2 rings (SSSR count). The molecule has 1 aliphatic rings. The van der Waals surface area contributed by atoms with Gasteiger partial charge in [-0.15, -0.1) is 0 Å². The standard InChI is InChI=1S/C14H19BrFNO/c1-3-5-11-13(17-8-4-2)12-9(15)6-7-10(16)14(12)18-11/h6-7,11,13,17H,3-5,8H2,1-2H3. The van der Waals surface area contributed by atoms with E-state index in [4.69, 9.17) is 4.74 Å². The minimum absolute atomic E-state index is 0.0322. The zero-order valence-electron chi connectivity index (χ0n) is 10.8. The van der Waals surface area contributed by atoms with Gasteiger partial charge in [-0.2, -0.15) is 0 Å². The van der Waals surface area contributed by atoms with Gasteiger partial charge in [0, 0.05) is 10.0 Å². The highest BCUT2D eigenvalue weighted by Gasteiger charge is 2.36. The third-order valence-electron chi connectivity index (χ3n) is 3.23. The molecule has 1 aromatic carbocycles. The van der Waals surface area contributed by atoms with Crippen molar-refractivity contribution in [2.24, 2.45) is 0 Å². The lowest BCUT2D eigenvalue weighted by Gasteiger charge is -2.20. The molecule has 0 spiro atoms. The number of nitrogens with one attached hydrogen (secondary N) is 1. The molecule has 0 saturated heterocycles. The fourth-order valence-corrected chi connectivity index (χ4v) is 2.97. The summed E-state index contributed by atoms with van der Waals surface area (Å²) in [5.41, 5.74) is 0.932. The van der Waals surface area contributed by atoms with Gasteiger partial charge < -0.3 is 10.1 Å². The Balaban J connectivity index is 2.32. The van der Waals surface area contributed by atoms with Gasteiger partial charge in [0.15, 0.2) is 11.6 Å². The Morgan fingerprint density at radius 3 is 2.78 bits per heavy atom. The monoisotopic (exact) mass is 315 g/mol. The predicted molar refractivity (Wildman–Crippen MR) is 74.5 cm³/mol. The first kappa shape index (κ1) is 13.8. The Morgan fingerprint density at radius 1 is 1.33 bits per heavy atom. The Kier molecular flexibility index (Phi) is 4.62. The summed E-state index contributed by atoms with van der Waals surface area (Å²) in [5.74, 6) is 0.145. The van der Waals surface area contributed by atoms with Gasteiger partial charge in [0.1, 0.15) is 6.10 Å². The van der Waals surface area contributed by atoms with Crippen molar-refractivity contribution in [1.29, 1.82) is 0 Å². The normalized spacial score (nSPS) is 21.8. The van der Waals surface area contributed by atoms with E-state index in [-0.39, 0.29) is 18.0 Å². The maximum Gasteiger partial charge on any atom is 0.165 e. The summed E-state index contributed by atoms with van der Waals surface area (Å²) in [6, 6.07) is 3.30. The lowest BCUT2D eigenvalue weighted by atomic mass is 10.0. The Labute approximate surface area is 116 Å². The van der Waals surface area contributed by atoms with Crippen molar-refractivity contribution in [2.45, 2.75) is 45.3 Å². The largest absolute Gasteiger partial charge is 0.485 e. The first-order valence-electron chi connectivity index (χ1n) is 6.57. The third-order valence-corrected chi connectivity index (χ3v) is 3.93. The van der Waals surface area contributed by atoms with E-state index in [2.05, 4.69) is 35.1 Å². The van der Waals surface area contributed by atoms with Crippen LogP contribution in [-0.4, -0.2) is 12.6 Å². The molecular formula is C14H19BrFNO. The van der Waals surface area contributed by atoms with E-state index < -0.39 is 0 Å². The molecule has 1 heterocycles. The Hall–Kier alpha value is -0.610. The van der Waals surface area contributed by atoms with Gasteiger partial charge in [-0.1, -0.05) is 36.2 Å². The minimum atomic E-state index is -0.268. The summed E-state index contributed by atoms with van der Waals surface area (Å²) >= 11 is 3.51. The van der Waals surface area contributed by atoms with E-state index in [0.717, 1.165) is 35.8 Å². The zero-order valence-corrected chi connectivity index (χ0v) is 12.4. The number of halogens is 2. The molecule has 0 bridgehead atoms. The molecule has 2 atom stereocenters. The lowest BCUT2D eigenvalue weighted by Crippen LogP contribution is -2.31. The fourth-order valence-electron chi connectivity index (χ4n) is 2.41. The zero-order chi connectivity index (χ0) is 13.1. The average molecular weight is 316 g/mol. The minimum Gasteiger partial charge on any atom is -0.485 e. The van der Waals surface area contributed by atoms with E-state index in [9.17, 15) is 4.39 Å². The van der Waals surface area contributed by atoms with Crippen LogP contribution in [0.3, 0.4) is 0 Å². The third kappa shape index (κ3) is 2.54. The second-order valence-electron chi connectivity index (χ2n) is 4.65. The highest BCUT2D eigenvalue weighted by Crippen LogP contribution is 2.44. The summed E-state index contributed by atoms with van der Waals surface area (Å²) in [6.07, 6.45) is 3.05. The molecule has 1 N–H and O–H groups in total. The number of hydrogen-bond donors (Lipinski definition) is 1. The number of hydrogen-bond acceptors (Lipinski definition) is 2. The highest BCUT2D eigenvalue weighted by molar-refractivity contribution is 9.10. The lowest BCUT2D eigenvalue weighted by molar-refractivity contribution is 0.173. The number of fused-ring (bicyclic) bond motifs is 1. The second-order valence-corrected chi connectivity index (χ2v) is 5.50. The Bertz CT molecular complexity index is 425. The highest BCUT2D eigenvalue weighted by atomic mass is 79.9. The molecule has 2 nitrogen and oxygen atoms in total. The van der Waals surface area contributed by atoms with E-state index in [0.29, 0.717) is 5.75 Å². The molecule has 1 aliphatic heterocycles. The van der Waals surface area contributed by atoms with E-state index in [1.165, 1.54) is 6.07 Å². The van der Waals surface area contributed by atoms with Crippen LogP contribution in [0.25, 0.3) is 0 Å². The Morgan fingerprint density at radius 2 is 2.11 bits per heavy atom. The molecule has 0 fully saturated rings. The molecule has 100 valence electrons. The summed E-state index contributed by atoms with van der Waals surface area (Å²) in [7, 11) is 0. The van der Waals surface area contributed by atoms with Gasteiger partial charge in [0.05, 0.1) is 6.04 Å². The van der Waals surface area contributed by atoms with E-state index in [1.807, 2.05) is 0 Å². The van der Waals surface area contributed by atoms with Crippen molar-refractivity contribution in [1.82, 2.24) is 5.32 Å². The molecule has 2 unspecified atom stereocenters. The molecular weight excluding hydrogens is 297 g/mol. The van der Waals surface area contributed by atoms with Crippen LogP contribution in [0.2, 0.25) is 0 Å². The smallest absolute Gasteiger partial charge is 0.165 e. The molecule has 0 saturated carbocycles. The second kappa shape index (κ2) is 6.02.